The van der Waals surface area contributed by atoms with Crippen molar-refractivity contribution in [2.75, 3.05) is 45.2 Å². The zero-order valence-corrected chi connectivity index (χ0v) is 11.1. The van der Waals surface area contributed by atoms with Crippen molar-refractivity contribution in [1.82, 2.24) is 9.97 Å². The van der Waals surface area contributed by atoms with Crippen LogP contribution in [0, 0.1) is 0 Å². The van der Waals surface area contributed by atoms with Crippen molar-refractivity contribution in [1.29, 1.82) is 0 Å². The molecule has 1 saturated heterocycles. The first kappa shape index (κ1) is 14.0. The summed E-state index contributed by atoms with van der Waals surface area (Å²) >= 11 is 0. The van der Waals surface area contributed by atoms with Crippen molar-refractivity contribution in [3.63, 3.8) is 0 Å². The highest BCUT2D eigenvalue weighted by molar-refractivity contribution is 5.30. The van der Waals surface area contributed by atoms with Gasteiger partial charge in [-0.2, -0.15) is 13.2 Å². The molecule has 0 aromatic carbocycles. The Bertz CT molecular complexity index is 445. The minimum Gasteiger partial charge on any atom is -0.335 e. The third kappa shape index (κ3) is 3.56. The molecule has 0 radical (unpaired) electrons. The smallest absolute Gasteiger partial charge is 0.335 e. The second-order valence-corrected chi connectivity index (χ2v) is 5.46. The summed E-state index contributed by atoms with van der Waals surface area (Å²) in [5.74, 6) is 0.178. The van der Waals surface area contributed by atoms with Gasteiger partial charge in [-0.25, -0.2) is 9.97 Å². The second-order valence-electron chi connectivity index (χ2n) is 5.46. The summed E-state index contributed by atoms with van der Waals surface area (Å²) in [5.41, 5.74) is -0.879. The van der Waals surface area contributed by atoms with Gasteiger partial charge in [0, 0.05) is 19.2 Å². The first-order valence-corrected chi connectivity index (χ1v) is 6.25. The molecule has 0 spiro atoms. The van der Waals surface area contributed by atoms with Crippen LogP contribution in [-0.4, -0.2) is 54.7 Å². The van der Waals surface area contributed by atoms with Crippen LogP contribution in [0.25, 0.3) is 0 Å². The molecule has 0 bridgehead atoms. The summed E-state index contributed by atoms with van der Waals surface area (Å²) in [5, 5.41) is 0. The van der Waals surface area contributed by atoms with E-state index in [2.05, 4.69) is 24.1 Å². The van der Waals surface area contributed by atoms with Crippen LogP contribution in [-0.2, 0) is 6.18 Å². The molecule has 2 rings (SSSR count). The summed E-state index contributed by atoms with van der Waals surface area (Å²) in [7, 11) is 4.24. The molecule has 4 nitrogen and oxygen atoms in total. The Balaban J connectivity index is 2.18. The molecule has 1 aromatic rings. The molecule has 2 heterocycles. The van der Waals surface area contributed by atoms with Gasteiger partial charge in [0.15, 0.2) is 0 Å². The molecule has 106 valence electrons. The van der Waals surface area contributed by atoms with E-state index in [1.165, 1.54) is 6.20 Å². The Morgan fingerprint density at radius 1 is 1.21 bits per heavy atom. The molecule has 0 aliphatic carbocycles. The van der Waals surface area contributed by atoms with Gasteiger partial charge in [0.1, 0.15) is 5.69 Å². The molecule has 0 amide bonds. The monoisotopic (exact) mass is 275 g/mol. The Hall–Kier alpha value is -1.37. The lowest BCUT2D eigenvalue weighted by molar-refractivity contribution is -0.887. The van der Waals surface area contributed by atoms with E-state index in [9.17, 15) is 13.2 Å². The van der Waals surface area contributed by atoms with E-state index in [1.807, 2.05) is 4.90 Å². The number of likely N-dealkylation sites (N-methyl/N-ethyl adjacent to an activating group) is 1. The van der Waals surface area contributed by atoms with Crippen molar-refractivity contribution in [3.05, 3.63) is 18.0 Å². The first-order valence-electron chi connectivity index (χ1n) is 6.25. The maximum atomic E-state index is 12.6. The van der Waals surface area contributed by atoms with Crippen LogP contribution in [0.4, 0.5) is 19.1 Å². The standard InChI is InChI=1S/C12H18F3N4/c1-19(2)8-3-6-18(7-9-19)11-16-5-4-10(17-11)12(13,14)15/h4-5H,3,6-9H2,1-2H3/q+1. The minimum absolute atomic E-state index is 0.178. The van der Waals surface area contributed by atoms with Crippen LogP contribution in [0.15, 0.2) is 12.3 Å². The van der Waals surface area contributed by atoms with Gasteiger partial charge in [0.2, 0.25) is 5.95 Å². The van der Waals surface area contributed by atoms with E-state index in [4.69, 9.17) is 0 Å². The van der Waals surface area contributed by atoms with E-state index in [1.54, 1.807) is 0 Å². The van der Waals surface area contributed by atoms with Gasteiger partial charge in [0.25, 0.3) is 0 Å². The second kappa shape index (κ2) is 4.96. The predicted octanol–water partition coefficient (Wildman–Crippen LogP) is 1.78. The normalized spacial score (nSPS) is 20.2. The highest BCUT2D eigenvalue weighted by Crippen LogP contribution is 2.28. The Morgan fingerprint density at radius 2 is 1.95 bits per heavy atom. The number of halogens is 3. The molecule has 0 saturated carbocycles. The number of rotatable bonds is 1. The van der Waals surface area contributed by atoms with Gasteiger partial charge in [-0.05, 0) is 6.07 Å². The number of hydrogen-bond acceptors (Lipinski definition) is 3. The van der Waals surface area contributed by atoms with E-state index in [0.29, 0.717) is 13.1 Å². The fourth-order valence-corrected chi connectivity index (χ4v) is 2.16. The Labute approximate surface area is 110 Å². The maximum Gasteiger partial charge on any atom is 0.433 e. The van der Waals surface area contributed by atoms with Crippen molar-refractivity contribution in [2.24, 2.45) is 0 Å². The maximum absolute atomic E-state index is 12.6. The highest BCUT2D eigenvalue weighted by atomic mass is 19.4. The summed E-state index contributed by atoms with van der Waals surface area (Å²) in [4.78, 5) is 9.45. The van der Waals surface area contributed by atoms with Crippen LogP contribution in [0.5, 0.6) is 0 Å². The van der Waals surface area contributed by atoms with Gasteiger partial charge in [-0.3, -0.25) is 0 Å². The van der Waals surface area contributed by atoms with E-state index < -0.39 is 11.9 Å². The molecule has 0 N–H and O–H groups in total. The quantitative estimate of drug-likeness (QED) is 0.732. The fourth-order valence-electron chi connectivity index (χ4n) is 2.16. The third-order valence-electron chi connectivity index (χ3n) is 3.38. The molecule has 19 heavy (non-hydrogen) atoms. The zero-order valence-electron chi connectivity index (χ0n) is 11.1. The van der Waals surface area contributed by atoms with Crippen molar-refractivity contribution >= 4 is 5.95 Å². The lowest BCUT2D eigenvalue weighted by Gasteiger charge is -2.28. The van der Waals surface area contributed by atoms with E-state index in [-0.39, 0.29) is 5.95 Å². The third-order valence-corrected chi connectivity index (χ3v) is 3.38. The number of hydrogen-bond donors (Lipinski definition) is 0. The molecule has 1 aliphatic rings. The molecule has 1 fully saturated rings. The SMILES string of the molecule is C[N+]1(C)CCCN(c2nccc(C(F)(F)F)n2)CC1. The summed E-state index contributed by atoms with van der Waals surface area (Å²) in [6, 6.07) is 0.904. The van der Waals surface area contributed by atoms with Crippen LogP contribution in [0.2, 0.25) is 0 Å². The van der Waals surface area contributed by atoms with Gasteiger partial charge < -0.3 is 9.38 Å². The van der Waals surface area contributed by atoms with Gasteiger partial charge in [-0.1, -0.05) is 0 Å². The number of alkyl halides is 3. The van der Waals surface area contributed by atoms with Crippen molar-refractivity contribution in [3.8, 4) is 0 Å². The van der Waals surface area contributed by atoms with Crippen LogP contribution < -0.4 is 4.90 Å². The van der Waals surface area contributed by atoms with Crippen molar-refractivity contribution < 1.29 is 17.7 Å². The number of anilines is 1. The first-order chi connectivity index (χ1) is 8.78. The van der Waals surface area contributed by atoms with Gasteiger partial charge >= 0.3 is 6.18 Å². The topological polar surface area (TPSA) is 29.0 Å². The molecule has 0 unspecified atom stereocenters. The average molecular weight is 275 g/mol. The lowest BCUT2D eigenvalue weighted by Crippen LogP contribution is -2.42. The molecular formula is C12H18F3N4+. The van der Waals surface area contributed by atoms with Crippen LogP contribution in [0.1, 0.15) is 12.1 Å². The van der Waals surface area contributed by atoms with Crippen molar-refractivity contribution in [2.45, 2.75) is 12.6 Å². The number of nitrogens with zero attached hydrogens (tertiary/aromatic N) is 4. The summed E-state index contributed by atoms with van der Waals surface area (Å²) < 4.78 is 38.8. The largest absolute Gasteiger partial charge is 0.433 e. The lowest BCUT2D eigenvalue weighted by atomic mass is 10.3. The molecular weight excluding hydrogens is 257 g/mol. The van der Waals surface area contributed by atoms with Gasteiger partial charge in [0.05, 0.1) is 33.7 Å². The molecule has 7 heteroatoms. The fraction of sp³-hybridized carbons (Fsp3) is 0.667. The summed E-state index contributed by atoms with van der Waals surface area (Å²) in [6.45, 7) is 3.26. The predicted molar refractivity (Wildman–Crippen MR) is 65.7 cm³/mol. The Kier molecular flexibility index (Phi) is 3.66. The summed E-state index contributed by atoms with van der Waals surface area (Å²) in [6.07, 6.45) is -2.32. The molecule has 0 atom stereocenters. The van der Waals surface area contributed by atoms with Gasteiger partial charge in [-0.15, -0.1) is 0 Å². The molecule has 1 aliphatic heterocycles. The van der Waals surface area contributed by atoms with E-state index in [0.717, 1.165) is 30.1 Å². The minimum atomic E-state index is -4.42. The number of aromatic nitrogens is 2. The van der Waals surface area contributed by atoms with Crippen LogP contribution >= 0.6 is 0 Å². The number of quaternary nitrogens is 1. The molecule has 1 aromatic heterocycles. The zero-order chi connectivity index (χ0) is 14.1. The van der Waals surface area contributed by atoms with Crippen LogP contribution in [0.3, 0.4) is 0 Å². The Morgan fingerprint density at radius 3 is 2.63 bits per heavy atom. The highest BCUT2D eigenvalue weighted by Gasteiger charge is 2.33. The van der Waals surface area contributed by atoms with E-state index >= 15 is 0 Å². The average Bonchev–Trinajstić information content (AvgIpc) is 2.49.